The SMILES string of the molecule is CC1CCCNC1CN(C)C(C)c1ccc(Cl)cc1. The molecule has 3 atom stereocenters. The normalized spacial score (nSPS) is 25.5. The van der Waals surface area contributed by atoms with Crippen LogP contribution in [-0.4, -0.2) is 31.1 Å². The molecule has 0 aliphatic carbocycles. The van der Waals surface area contributed by atoms with E-state index in [0.717, 1.165) is 24.0 Å². The summed E-state index contributed by atoms with van der Waals surface area (Å²) in [6.07, 6.45) is 2.66. The molecule has 1 aromatic carbocycles. The minimum Gasteiger partial charge on any atom is -0.312 e. The van der Waals surface area contributed by atoms with Gasteiger partial charge in [-0.15, -0.1) is 0 Å². The van der Waals surface area contributed by atoms with E-state index in [1.54, 1.807) is 0 Å². The second kappa shape index (κ2) is 6.74. The first-order valence-corrected chi connectivity index (χ1v) is 7.65. The maximum atomic E-state index is 5.95. The maximum Gasteiger partial charge on any atom is 0.0406 e. The van der Waals surface area contributed by atoms with Crippen molar-refractivity contribution in [1.29, 1.82) is 0 Å². The van der Waals surface area contributed by atoms with E-state index in [1.807, 2.05) is 12.1 Å². The molecule has 1 aliphatic heterocycles. The summed E-state index contributed by atoms with van der Waals surface area (Å²) >= 11 is 5.95. The molecule has 1 fully saturated rings. The van der Waals surface area contributed by atoms with E-state index in [1.165, 1.54) is 18.4 Å². The molecule has 1 aliphatic rings. The van der Waals surface area contributed by atoms with Crippen molar-refractivity contribution in [3.63, 3.8) is 0 Å². The molecule has 3 heteroatoms. The van der Waals surface area contributed by atoms with Crippen molar-refractivity contribution in [3.05, 3.63) is 34.9 Å². The van der Waals surface area contributed by atoms with E-state index < -0.39 is 0 Å². The van der Waals surface area contributed by atoms with Gasteiger partial charge in [-0.2, -0.15) is 0 Å². The zero-order valence-corrected chi connectivity index (χ0v) is 13.0. The predicted molar refractivity (Wildman–Crippen MR) is 82.7 cm³/mol. The number of rotatable bonds is 4. The molecular formula is C16H25ClN2. The Bertz CT molecular complexity index is 390. The van der Waals surface area contributed by atoms with Gasteiger partial charge in [0.25, 0.3) is 0 Å². The van der Waals surface area contributed by atoms with Gasteiger partial charge in [0.1, 0.15) is 0 Å². The third kappa shape index (κ3) is 3.95. The van der Waals surface area contributed by atoms with E-state index in [2.05, 4.69) is 43.2 Å². The number of hydrogen-bond donors (Lipinski definition) is 1. The smallest absolute Gasteiger partial charge is 0.0406 e. The minimum atomic E-state index is 0.424. The van der Waals surface area contributed by atoms with Crippen molar-refractivity contribution in [3.8, 4) is 0 Å². The molecule has 3 unspecified atom stereocenters. The molecule has 1 N–H and O–H groups in total. The topological polar surface area (TPSA) is 15.3 Å². The van der Waals surface area contributed by atoms with Gasteiger partial charge in [-0.05, 0) is 57.0 Å². The van der Waals surface area contributed by atoms with Crippen LogP contribution in [0.25, 0.3) is 0 Å². The highest BCUT2D eigenvalue weighted by Gasteiger charge is 2.23. The largest absolute Gasteiger partial charge is 0.312 e. The molecule has 1 heterocycles. The van der Waals surface area contributed by atoms with Crippen molar-refractivity contribution >= 4 is 11.6 Å². The predicted octanol–water partition coefficient (Wildman–Crippen LogP) is 3.72. The summed E-state index contributed by atoms with van der Waals surface area (Å²) < 4.78 is 0. The number of benzene rings is 1. The van der Waals surface area contributed by atoms with E-state index in [0.29, 0.717) is 12.1 Å². The first kappa shape index (κ1) is 14.8. The van der Waals surface area contributed by atoms with Crippen LogP contribution in [0.15, 0.2) is 24.3 Å². The lowest BCUT2D eigenvalue weighted by molar-refractivity contribution is 0.183. The molecule has 2 rings (SSSR count). The third-order valence-corrected chi connectivity index (χ3v) is 4.68. The van der Waals surface area contributed by atoms with Crippen LogP contribution in [0.4, 0.5) is 0 Å². The number of likely N-dealkylation sites (N-methyl/N-ethyl adjacent to an activating group) is 1. The summed E-state index contributed by atoms with van der Waals surface area (Å²) in [6, 6.07) is 9.25. The maximum absolute atomic E-state index is 5.95. The zero-order chi connectivity index (χ0) is 13.8. The summed E-state index contributed by atoms with van der Waals surface area (Å²) in [7, 11) is 2.21. The van der Waals surface area contributed by atoms with E-state index in [-0.39, 0.29) is 0 Å². The van der Waals surface area contributed by atoms with Gasteiger partial charge in [-0.25, -0.2) is 0 Å². The summed E-state index contributed by atoms with van der Waals surface area (Å²) in [5, 5.41) is 4.46. The zero-order valence-electron chi connectivity index (χ0n) is 12.2. The van der Waals surface area contributed by atoms with Crippen LogP contribution < -0.4 is 5.32 Å². The fourth-order valence-electron chi connectivity index (χ4n) is 2.82. The molecule has 0 radical (unpaired) electrons. The number of hydrogen-bond acceptors (Lipinski definition) is 2. The Morgan fingerprint density at radius 1 is 1.37 bits per heavy atom. The van der Waals surface area contributed by atoms with Gasteiger partial charge < -0.3 is 5.32 Å². The van der Waals surface area contributed by atoms with Crippen molar-refractivity contribution in [2.24, 2.45) is 5.92 Å². The molecule has 0 aromatic heterocycles. The van der Waals surface area contributed by atoms with Crippen LogP contribution in [0.2, 0.25) is 5.02 Å². The monoisotopic (exact) mass is 280 g/mol. The van der Waals surface area contributed by atoms with Crippen LogP contribution in [0.5, 0.6) is 0 Å². The summed E-state index contributed by atoms with van der Waals surface area (Å²) in [5.41, 5.74) is 1.33. The number of nitrogens with zero attached hydrogens (tertiary/aromatic N) is 1. The fraction of sp³-hybridized carbons (Fsp3) is 0.625. The molecule has 0 amide bonds. The van der Waals surface area contributed by atoms with Crippen LogP contribution >= 0.6 is 11.6 Å². The molecule has 0 spiro atoms. The molecular weight excluding hydrogens is 256 g/mol. The Morgan fingerprint density at radius 3 is 2.68 bits per heavy atom. The third-order valence-electron chi connectivity index (χ3n) is 4.43. The first-order valence-electron chi connectivity index (χ1n) is 7.27. The van der Waals surface area contributed by atoms with E-state index >= 15 is 0 Å². The second-order valence-corrected chi connectivity index (χ2v) is 6.28. The quantitative estimate of drug-likeness (QED) is 0.904. The Balaban J connectivity index is 1.94. The van der Waals surface area contributed by atoms with E-state index in [9.17, 15) is 0 Å². The van der Waals surface area contributed by atoms with Crippen molar-refractivity contribution in [1.82, 2.24) is 10.2 Å². The molecule has 0 saturated carbocycles. The second-order valence-electron chi connectivity index (χ2n) is 5.85. The van der Waals surface area contributed by atoms with Gasteiger partial charge in [0.2, 0.25) is 0 Å². The van der Waals surface area contributed by atoms with Crippen molar-refractivity contribution in [2.75, 3.05) is 20.1 Å². The first-order chi connectivity index (χ1) is 9.08. The number of piperidine rings is 1. The average Bonchev–Trinajstić information content (AvgIpc) is 2.41. The Hall–Kier alpha value is -0.570. The van der Waals surface area contributed by atoms with Gasteiger partial charge in [-0.3, -0.25) is 4.90 Å². The van der Waals surface area contributed by atoms with E-state index in [4.69, 9.17) is 11.6 Å². The van der Waals surface area contributed by atoms with Gasteiger partial charge in [0.15, 0.2) is 0 Å². The minimum absolute atomic E-state index is 0.424. The Morgan fingerprint density at radius 2 is 2.05 bits per heavy atom. The highest BCUT2D eigenvalue weighted by molar-refractivity contribution is 6.30. The summed E-state index contributed by atoms with van der Waals surface area (Å²) in [5.74, 6) is 0.772. The Labute approximate surface area is 122 Å². The highest BCUT2D eigenvalue weighted by Crippen LogP contribution is 2.23. The molecule has 19 heavy (non-hydrogen) atoms. The molecule has 1 aromatic rings. The lowest BCUT2D eigenvalue weighted by Gasteiger charge is -2.35. The van der Waals surface area contributed by atoms with Crippen molar-refractivity contribution < 1.29 is 0 Å². The van der Waals surface area contributed by atoms with Gasteiger partial charge in [0.05, 0.1) is 0 Å². The lowest BCUT2D eigenvalue weighted by atomic mass is 9.92. The molecule has 1 saturated heterocycles. The highest BCUT2D eigenvalue weighted by atomic mass is 35.5. The number of halogens is 1. The van der Waals surface area contributed by atoms with Gasteiger partial charge >= 0.3 is 0 Å². The number of nitrogens with one attached hydrogen (secondary N) is 1. The van der Waals surface area contributed by atoms with Gasteiger partial charge in [-0.1, -0.05) is 30.7 Å². The average molecular weight is 281 g/mol. The van der Waals surface area contributed by atoms with Crippen LogP contribution in [0.1, 0.15) is 38.3 Å². The molecule has 0 bridgehead atoms. The van der Waals surface area contributed by atoms with Crippen LogP contribution in [0.3, 0.4) is 0 Å². The summed E-state index contributed by atoms with van der Waals surface area (Å²) in [4.78, 5) is 2.43. The molecule has 106 valence electrons. The lowest BCUT2D eigenvalue weighted by Crippen LogP contribution is -2.47. The Kier molecular flexibility index (Phi) is 5.26. The van der Waals surface area contributed by atoms with Crippen molar-refractivity contribution in [2.45, 2.75) is 38.8 Å². The van der Waals surface area contributed by atoms with Crippen LogP contribution in [-0.2, 0) is 0 Å². The fourth-order valence-corrected chi connectivity index (χ4v) is 2.95. The van der Waals surface area contributed by atoms with Crippen LogP contribution in [0, 0.1) is 5.92 Å². The summed E-state index contributed by atoms with van der Waals surface area (Å²) in [6.45, 7) is 6.89. The molecule has 2 nitrogen and oxygen atoms in total. The van der Waals surface area contributed by atoms with Gasteiger partial charge in [0, 0.05) is 23.7 Å². The standard InChI is InChI=1S/C16H25ClN2/c1-12-5-4-10-18-16(12)11-19(3)13(2)14-6-8-15(17)9-7-14/h6-9,12-13,16,18H,4-5,10-11H2,1-3H3.